The van der Waals surface area contributed by atoms with Crippen LogP contribution >= 0.6 is 11.6 Å². The van der Waals surface area contributed by atoms with E-state index in [0.717, 1.165) is 18.4 Å². The van der Waals surface area contributed by atoms with Crippen molar-refractivity contribution in [1.82, 2.24) is 5.43 Å². The van der Waals surface area contributed by atoms with Gasteiger partial charge in [0.05, 0.1) is 18.4 Å². The number of halogens is 1. The van der Waals surface area contributed by atoms with Gasteiger partial charge in [0.15, 0.2) is 0 Å². The molecule has 2 aromatic carbocycles. The van der Waals surface area contributed by atoms with Crippen molar-refractivity contribution in [3.8, 4) is 11.3 Å². The fourth-order valence-electron chi connectivity index (χ4n) is 2.56. The second-order valence-corrected chi connectivity index (χ2v) is 6.91. The van der Waals surface area contributed by atoms with Crippen molar-refractivity contribution in [3.63, 3.8) is 0 Å². The maximum absolute atomic E-state index is 12.0. The van der Waals surface area contributed by atoms with Crippen molar-refractivity contribution >= 4 is 29.7 Å². The SMILES string of the molecule is CCCCOC(=O)c1ccc(-c2ccc(/C=N\NC(=O)c3ccc(Cl)cc3)o2)cc1. The van der Waals surface area contributed by atoms with Gasteiger partial charge in [0.2, 0.25) is 0 Å². The molecule has 0 unspecified atom stereocenters. The van der Waals surface area contributed by atoms with E-state index < -0.39 is 0 Å². The summed E-state index contributed by atoms with van der Waals surface area (Å²) >= 11 is 5.81. The number of carbonyl (C=O) groups is 2. The number of ether oxygens (including phenoxy) is 1. The standard InChI is InChI=1S/C23H21ClN2O4/c1-2-3-14-29-23(28)18-6-4-16(5-7-18)21-13-12-20(30-21)15-25-26-22(27)17-8-10-19(24)11-9-17/h4-13,15H,2-3,14H2,1H3,(H,26,27)/b25-15-. The van der Waals surface area contributed by atoms with Gasteiger partial charge in [0.25, 0.3) is 5.91 Å². The van der Waals surface area contributed by atoms with E-state index >= 15 is 0 Å². The number of amides is 1. The minimum atomic E-state index is -0.351. The Labute approximate surface area is 179 Å². The smallest absolute Gasteiger partial charge is 0.338 e. The lowest BCUT2D eigenvalue weighted by Gasteiger charge is -2.04. The van der Waals surface area contributed by atoms with Crippen LogP contribution in [0.5, 0.6) is 0 Å². The molecule has 1 heterocycles. The van der Waals surface area contributed by atoms with Crippen molar-refractivity contribution in [2.24, 2.45) is 5.10 Å². The third-order valence-electron chi connectivity index (χ3n) is 4.23. The molecule has 0 aliphatic carbocycles. The number of benzene rings is 2. The molecule has 0 fully saturated rings. The minimum absolute atomic E-state index is 0.335. The molecule has 0 bridgehead atoms. The van der Waals surface area contributed by atoms with E-state index in [-0.39, 0.29) is 11.9 Å². The van der Waals surface area contributed by atoms with Crippen LogP contribution in [0.25, 0.3) is 11.3 Å². The second-order valence-electron chi connectivity index (χ2n) is 6.47. The van der Waals surface area contributed by atoms with E-state index in [2.05, 4.69) is 10.5 Å². The van der Waals surface area contributed by atoms with E-state index in [1.165, 1.54) is 6.21 Å². The van der Waals surface area contributed by atoms with Gasteiger partial charge < -0.3 is 9.15 Å². The van der Waals surface area contributed by atoms with Gasteiger partial charge in [-0.1, -0.05) is 37.1 Å². The molecule has 0 aliphatic rings. The highest BCUT2D eigenvalue weighted by atomic mass is 35.5. The van der Waals surface area contributed by atoms with Gasteiger partial charge in [0, 0.05) is 16.1 Å². The maximum atomic E-state index is 12.0. The molecule has 0 saturated carbocycles. The van der Waals surface area contributed by atoms with Crippen molar-refractivity contribution in [1.29, 1.82) is 0 Å². The molecule has 3 rings (SSSR count). The van der Waals surface area contributed by atoms with Crippen LogP contribution in [0, 0.1) is 0 Å². The molecule has 30 heavy (non-hydrogen) atoms. The van der Waals surface area contributed by atoms with Gasteiger partial charge in [-0.15, -0.1) is 0 Å². The molecule has 0 radical (unpaired) electrons. The number of rotatable bonds is 8. The molecule has 1 aromatic heterocycles. The Bertz CT molecular complexity index is 1020. The van der Waals surface area contributed by atoms with Gasteiger partial charge in [-0.2, -0.15) is 5.10 Å². The summed E-state index contributed by atoms with van der Waals surface area (Å²) < 4.78 is 10.9. The lowest BCUT2D eigenvalue weighted by Crippen LogP contribution is -2.17. The summed E-state index contributed by atoms with van der Waals surface area (Å²) in [6.45, 7) is 2.46. The number of hydrogen-bond donors (Lipinski definition) is 1. The molecule has 1 amide bonds. The lowest BCUT2D eigenvalue weighted by molar-refractivity contribution is 0.0499. The second kappa shape index (κ2) is 10.4. The number of esters is 1. The number of hydrazone groups is 1. The van der Waals surface area contributed by atoms with Gasteiger partial charge in [-0.25, -0.2) is 10.2 Å². The van der Waals surface area contributed by atoms with E-state index in [9.17, 15) is 9.59 Å². The highest BCUT2D eigenvalue weighted by Crippen LogP contribution is 2.22. The Morgan fingerprint density at radius 3 is 2.43 bits per heavy atom. The van der Waals surface area contributed by atoms with E-state index in [4.69, 9.17) is 20.8 Å². The van der Waals surface area contributed by atoms with Crippen LogP contribution in [0.15, 0.2) is 70.2 Å². The monoisotopic (exact) mass is 424 g/mol. The summed E-state index contributed by atoms with van der Waals surface area (Å²) in [7, 11) is 0. The first-order valence-electron chi connectivity index (χ1n) is 9.53. The Morgan fingerprint density at radius 2 is 1.73 bits per heavy atom. The first-order valence-corrected chi connectivity index (χ1v) is 9.91. The van der Waals surface area contributed by atoms with Crippen LogP contribution in [0.4, 0.5) is 0 Å². The molecular weight excluding hydrogens is 404 g/mol. The van der Waals surface area contributed by atoms with Crippen LogP contribution in [0.3, 0.4) is 0 Å². The third kappa shape index (κ3) is 5.81. The Hall–Kier alpha value is -3.38. The summed E-state index contributed by atoms with van der Waals surface area (Å²) in [6.07, 6.45) is 3.23. The minimum Gasteiger partial charge on any atom is -0.462 e. The zero-order chi connectivity index (χ0) is 21.3. The van der Waals surface area contributed by atoms with E-state index in [0.29, 0.717) is 34.3 Å². The average Bonchev–Trinajstić information content (AvgIpc) is 3.23. The first kappa shape index (κ1) is 21.3. The zero-order valence-electron chi connectivity index (χ0n) is 16.4. The zero-order valence-corrected chi connectivity index (χ0v) is 17.2. The summed E-state index contributed by atoms with van der Waals surface area (Å²) in [5.41, 5.74) is 4.19. The van der Waals surface area contributed by atoms with Crippen molar-refractivity contribution in [2.75, 3.05) is 6.61 Å². The highest BCUT2D eigenvalue weighted by molar-refractivity contribution is 6.30. The van der Waals surface area contributed by atoms with Crippen LogP contribution in [0.2, 0.25) is 5.02 Å². The van der Waals surface area contributed by atoms with E-state index in [1.807, 2.05) is 6.92 Å². The van der Waals surface area contributed by atoms with Crippen LogP contribution in [-0.4, -0.2) is 24.7 Å². The molecule has 6 nitrogen and oxygen atoms in total. The largest absolute Gasteiger partial charge is 0.462 e. The maximum Gasteiger partial charge on any atom is 0.338 e. The summed E-state index contributed by atoms with van der Waals surface area (Å²) in [5.74, 6) is 0.408. The highest BCUT2D eigenvalue weighted by Gasteiger charge is 2.09. The predicted molar refractivity (Wildman–Crippen MR) is 116 cm³/mol. The van der Waals surface area contributed by atoms with Crippen LogP contribution in [-0.2, 0) is 4.74 Å². The molecule has 0 aliphatic heterocycles. The van der Waals surface area contributed by atoms with Crippen molar-refractivity contribution in [2.45, 2.75) is 19.8 Å². The number of furan rings is 1. The number of carbonyl (C=O) groups excluding carboxylic acids is 2. The van der Waals surface area contributed by atoms with Gasteiger partial charge >= 0.3 is 5.97 Å². The van der Waals surface area contributed by atoms with Crippen molar-refractivity contribution in [3.05, 3.63) is 82.6 Å². The number of unbranched alkanes of at least 4 members (excludes halogenated alkanes) is 1. The van der Waals surface area contributed by atoms with Crippen LogP contribution < -0.4 is 5.43 Å². The summed E-state index contributed by atoms with van der Waals surface area (Å²) in [6, 6.07) is 17.0. The van der Waals surface area contributed by atoms with Crippen LogP contribution in [0.1, 0.15) is 46.2 Å². The fourth-order valence-corrected chi connectivity index (χ4v) is 2.69. The first-order chi connectivity index (χ1) is 14.6. The Morgan fingerprint density at radius 1 is 1.03 bits per heavy atom. The summed E-state index contributed by atoms with van der Waals surface area (Å²) in [5, 5.41) is 4.46. The number of nitrogens with zero attached hydrogens (tertiary/aromatic N) is 1. The van der Waals surface area contributed by atoms with Crippen molar-refractivity contribution < 1.29 is 18.7 Å². The normalized spacial score (nSPS) is 10.9. The molecule has 3 aromatic rings. The molecule has 1 N–H and O–H groups in total. The fraction of sp³-hybridized carbons (Fsp3) is 0.174. The molecule has 7 heteroatoms. The molecule has 0 atom stereocenters. The number of hydrogen-bond acceptors (Lipinski definition) is 5. The quantitative estimate of drug-likeness (QED) is 0.229. The molecule has 154 valence electrons. The molecular formula is C23H21ClN2O4. The molecule has 0 spiro atoms. The Balaban J connectivity index is 1.57. The predicted octanol–water partition coefficient (Wildman–Crippen LogP) is 5.32. The van der Waals surface area contributed by atoms with Gasteiger partial charge in [-0.3, -0.25) is 4.79 Å². The topological polar surface area (TPSA) is 80.9 Å². The Kier molecular flexibility index (Phi) is 7.40. The average molecular weight is 425 g/mol. The summed E-state index contributed by atoms with van der Waals surface area (Å²) in [4.78, 5) is 24.0. The van der Waals surface area contributed by atoms with Gasteiger partial charge in [-0.05, 0) is 55.0 Å². The molecule has 0 saturated heterocycles. The van der Waals surface area contributed by atoms with E-state index in [1.54, 1.807) is 60.7 Å². The lowest BCUT2D eigenvalue weighted by atomic mass is 10.1. The number of nitrogens with one attached hydrogen (secondary N) is 1. The third-order valence-corrected chi connectivity index (χ3v) is 4.48. The van der Waals surface area contributed by atoms with Gasteiger partial charge in [0.1, 0.15) is 11.5 Å².